The first kappa shape index (κ1) is 27.8. The summed E-state index contributed by atoms with van der Waals surface area (Å²) in [6, 6.07) is 10.6. The number of hydrogen-bond acceptors (Lipinski definition) is 9. The van der Waals surface area contributed by atoms with Crippen molar-refractivity contribution in [3.05, 3.63) is 40.9 Å². The lowest BCUT2D eigenvalue weighted by molar-refractivity contribution is 0.000407. The van der Waals surface area contributed by atoms with Gasteiger partial charge in [0.15, 0.2) is 11.8 Å². The number of amides is 1. The van der Waals surface area contributed by atoms with Gasteiger partial charge >= 0.3 is 6.09 Å². The Bertz CT molecular complexity index is 1400. The third-order valence-corrected chi connectivity index (χ3v) is 9.08. The molecule has 4 atom stereocenters. The Morgan fingerprint density at radius 3 is 2.55 bits per heavy atom. The smallest absolute Gasteiger partial charge is 0.407 e. The molecule has 0 spiro atoms. The van der Waals surface area contributed by atoms with Crippen LogP contribution in [0.5, 0.6) is 6.01 Å². The van der Waals surface area contributed by atoms with E-state index in [1.165, 1.54) is 5.56 Å². The van der Waals surface area contributed by atoms with E-state index in [2.05, 4.69) is 27.4 Å². The number of carbonyl (C=O) groups excluding carboxylic acids is 1. The van der Waals surface area contributed by atoms with E-state index >= 15 is 0 Å². The lowest BCUT2D eigenvalue weighted by Gasteiger charge is -2.30. The van der Waals surface area contributed by atoms with Crippen molar-refractivity contribution in [1.82, 2.24) is 20.3 Å². The van der Waals surface area contributed by atoms with Crippen molar-refractivity contribution < 1.29 is 33.6 Å². The minimum atomic E-state index is -0.640. The lowest BCUT2D eigenvalue weighted by atomic mass is 9.81. The number of carbonyl (C=O) groups is 1. The van der Waals surface area contributed by atoms with Gasteiger partial charge in [0.25, 0.3) is 6.01 Å². The predicted octanol–water partition coefficient (Wildman–Crippen LogP) is 4.12. The highest BCUT2D eigenvalue weighted by molar-refractivity contribution is 6.33. The fourth-order valence-corrected chi connectivity index (χ4v) is 6.73. The maximum atomic E-state index is 12.3. The Labute approximate surface area is 248 Å². The van der Waals surface area contributed by atoms with E-state index in [0.29, 0.717) is 53.6 Å². The van der Waals surface area contributed by atoms with Crippen LogP contribution in [0.3, 0.4) is 0 Å². The zero-order chi connectivity index (χ0) is 28.6. The standard InChI is InChI=1S/C30H35ClN4O7/c31-21-13-22-28(35-29(33-22)42-24-15-40-26-23(36)14-39-27(24)26)34-25(21)18-3-1-16(2-4-18)17-5-7-19(8-6-17)32-30(37)41-20-9-11-38-12-10-20/h1-4,13,17,19-20,23-24,26-27,36H,5-12,14-15H2,(H,32,37)(H,33,34,35)/t17?,19?,23-,24-,26?,27?/m1/s1. The number of alkyl carbamates (subject to hydrolysis) is 1. The molecule has 4 fully saturated rings. The summed E-state index contributed by atoms with van der Waals surface area (Å²) in [4.78, 5) is 24.7. The molecule has 3 saturated heterocycles. The Hall–Kier alpha value is -2.96. The van der Waals surface area contributed by atoms with Gasteiger partial charge in [-0.2, -0.15) is 4.98 Å². The van der Waals surface area contributed by atoms with Gasteiger partial charge in [0.05, 0.1) is 42.7 Å². The van der Waals surface area contributed by atoms with Crippen LogP contribution in [-0.2, 0) is 18.9 Å². The number of ether oxygens (including phenoxy) is 5. The monoisotopic (exact) mass is 598 g/mol. The van der Waals surface area contributed by atoms with E-state index in [1.807, 2.05) is 12.1 Å². The van der Waals surface area contributed by atoms with Crippen LogP contribution in [0.4, 0.5) is 4.79 Å². The number of benzene rings is 1. The largest absolute Gasteiger partial charge is 0.456 e. The van der Waals surface area contributed by atoms with Gasteiger partial charge in [-0.05, 0) is 43.2 Å². The van der Waals surface area contributed by atoms with Gasteiger partial charge in [0.1, 0.15) is 24.4 Å². The summed E-state index contributed by atoms with van der Waals surface area (Å²) in [7, 11) is 0. The number of halogens is 1. The van der Waals surface area contributed by atoms with Crippen molar-refractivity contribution in [3.63, 3.8) is 0 Å². The second-order valence-electron chi connectivity index (χ2n) is 11.6. The summed E-state index contributed by atoms with van der Waals surface area (Å²) in [6.07, 6.45) is 3.30. The molecule has 3 aliphatic heterocycles. The average molecular weight is 599 g/mol. The van der Waals surface area contributed by atoms with Gasteiger partial charge < -0.3 is 39.1 Å². The zero-order valence-corrected chi connectivity index (χ0v) is 23.9. The van der Waals surface area contributed by atoms with Crippen LogP contribution in [0.25, 0.3) is 22.4 Å². The number of aliphatic hydroxyl groups excluding tert-OH is 1. The number of nitrogens with one attached hydrogen (secondary N) is 2. The second-order valence-corrected chi connectivity index (χ2v) is 12.0. The SMILES string of the molecule is O=C(NC1CCC(c2ccc(-c3nc4nc(O[C@@H]5COC6C5OC[C@H]6O)[nH]c4cc3Cl)cc2)CC1)OC1CCOCC1. The van der Waals surface area contributed by atoms with E-state index in [9.17, 15) is 9.90 Å². The molecule has 0 bridgehead atoms. The third-order valence-electron chi connectivity index (χ3n) is 8.80. The molecular weight excluding hydrogens is 564 g/mol. The van der Waals surface area contributed by atoms with Gasteiger partial charge in [0, 0.05) is 24.4 Å². The highest BCUT2D eigenvalue weighted by Gasteiger charge is 2.48. The first-order chi connectivity index (χ1) is 20.5. The van der Waals surface area contributed by atoms with Crippen LogP contribution in [0, 0.1) is 0 Å². The summed E-state index contributed by atoms with van der Waals surface area (Å²) in [5.41, 5.74) is 3.99. The van der Waals surface area contributed by atoms with Gasteiger partial charge in [-0.3, -0.25) is 0 Å². The van der Waals surface area contributed by atoms with E-state index in [0.717, 1.165) is 44.1 Å². The van der Waals surface area contributed by atoms with E-state index in [1.54, 1.807) is 6.07 Å². The minimum Gasteiger partial charge on any atom is -0.456 e. The Morgan fingerprint density at radius 2 is 1.76 bits per heavy atom. The molecule has 1 amide bonds. The number of hydrogen-bond donors (Lipinski definition) is 3. The third kappa shape index (κ3) is 5.80. The van der Waals surface area contributed by atoms with Crippen LogP contribution in [0.1, 0.15) is 50.0 Å². The predicted molar refractivity (Wildman–Crippen MR) is 153 cm³/mol. The topological polar surface area (TPSA) is 137 Å². The molecule has 11 nitrogen and oxygen atoms in total. The number of H-pyrrole nitrogens is 1. The number of nitrogens with zero attached hydrogens (tertiary/aromatic N) is 2. The van der Waals surface area contributed by atoms with Crippen LogP contribution < -0.4 is 10.1 Å². The van der Waals surface area contributed by atoms with E-state index < -0.39 is 6.10 Å². The molecule has 2 aromatic heterocycles. The molecule has 224 valence electrons. The number of aliphatic hydroxyl groups is 1. The Kier molecular flexibility index (Phi) is 7.93. The second kappa shape index (κ2) is 12.0. The summed E-state index contributed by atoms with van der Waals surface area (Å²) in [6.45, 7) is 1.85. The zero-order valence-electron chi connectivity index (χ0n) is 23.2. The van der Waals surface area contributed by atoms with Crippen LogP contribution in [0.15, 0.2) is 30.3 Å². The Morgan fingerprint density at radius 1 is 1.00 bits per heavy atom. The van der Waals surface area contributed by atoms with Crippen molar-refractivity contribution in [1.29, 1.82) is 0 Å². The number of rotatable bonds is 6. The van der Waals surface area contributed by atoms with Gasteiger partial charge in [-0.1, -0.05) is 35.9 Å². The fraction of sp³-hybridized carbons (Fsp3) is 0.567. The van der Waals surface area contributed by atoms with Crippen LogP contribution in [-0.4, -0.2) is 89.1 Å². The van der Waals surface area contributed by atoms with Gasteiger partial charge in [-0.25, -0.2) is 9.78 Å². The highest BCUT2D eigenvalue weighted by atomic mass is 35.5. The molecule has 1 saturated carbocycles. The molecule has 3 aromatic rings. The maximum absolute atomic E-state index is 12.3. The molecule has 2 unspecified atom stereocenters. The quantitative estimate of drug-likeness (QED) is 0.383. The average Bonchev–Trinajstić information content (AvgIpc) is 3.70. The van der Waals surface area contributed by atoms with Crippen molar-refractivity contribution in [2.24, 2.45) is 0 Å². The molecule has 3 N–H and O–H groups in total. The van der Waals surface area contributed by atoms with E-state index in [4.69, 9.17) is 40.3 Å². The maximum Gasteiger partial charge on any atom is 0.407 e. The fourth-order valence-electron chi connectivity index (χ4n) is 6.47. The lowest BCUT2D eigenvalue weighted by Crippen LogP contribution is -2.40. The van der Waals surface area contributed by atoms with Crippen molar-refractivity contribution in [2.45, 2.75) is 81.0 Å². The number of pyridine rings is 1. The molecule has 1 aromatic carbocycles. The molecule has 5 heterocycles. The minimum absolute atomic E-state index is 0.0432. The van der Waals surface area contributed by atoms with Crippen molar-refractivity contribution in [2.75, 3.05) is 26.4 Å². The summed E-state index contributed by atoms with van der Waals surface area (Å²) < 4.78 is 28.2. The first-order valence-corrected chi connectivity index (χ1v) is 15.2. The molecule has 4 aliphatic rings. The van der Waals surface area contributed by atoms with Crippen molar-refractivity contribution in [3.8, 4) is 17.3 Å². The van der Waals surface area contributed by atoms with Crippen LogP contribution in [0.2, 0.25) is 5.02 Å². The normalized spacial score (nSPS) is 29.9. The highest BCUT2D eigenvalue weighted by Crippen LogP contribution is 2.36. The van der Waals surface area contributed by atoms with E-state index in [-0.39, 0.29) is 43.2 Å². The number of aromatic nitrogens is 3. The molecule has 0 radical (unpaired) electrons. The van der Waals surface area contributed by atoms with Crippen molar-refractivity contribution >= 4 is 28.9 Å². The molecular formula is C30H35ClN4O7. The molecule has 7 rings (SSSR count). The van der Waals surface area contributed by atoms with Crippen LogP contribution >= 0.6 is 11.6 Å². The molecule has 12 heteroatoms. The number of imidazole rings is 1. The number of aromatic amines is 1. The van der Waals surface area contributed by atoms with Gasteiger partial charge in [0.2, 0.25) is 0 Å². The summed E-state index contributed by atoms with van der Waals surface area (Å²) in [5.74, 6) is 0.435. The first-order valence-electron chi connectivity index (χ1n) is 14.8. The van der Waals surface area contributed by atoms with Gasteiger partial charge in [-0.15, -0.1) is 0 Å². The molecule has 42 heavy (non-hydrogen) atoms. The number of fused-ring (bicyclic) bond motifs is 2. The summed E-state index contributed by atoms with van der Waals surface area (Å²) >= 11 is 6.64. The summed E-state index contributed by atoms with van der Waals surface area (Å²) in [5, 5.41) is 13.5. The Balaban J connectivity index is 0.958. The molecule has 1 aliphatic carbocycles.